The van der Waals surface area contributed by atoms with Crippen molar-refractivity contribution in [1.82, 2.24) is 15.0 Å². The Morgan fingerprint density at radius 2 is 2.04 bits per heavy atom. The van der Waals surface area contributed by atoms with Crippen LogP contribution in [-0.4, -0.2) is 51.4 Å². The van der Waals surface area contributed by atoms with E-state index in [0.29, 0.717) is 18.5 Å². The van der Waals surface area contributed by atoms with Crippen molar-refractivity contribution in [3.63, 3.8) is 0 Å². The Labute approximate surface area is 161 Å². The van der Waals surface area contributed by atoms with Gasteiger partial charge in [-0.15, -0.1) is 0 Å². The Bertz CT molecular complexity index is 910. The van der Waals surface area contributed by atoms with Crippen molar-refractivity contribution in [2.75, 3.05) is 23.3 Å². The zero-order valence-corrected chi connectivity index (χ0v) is 15.6. The zero-order valence-electron chi connectivity index (χ0n) is 14.8. The molecule has 5 rings (SSSR count). The molecule has 1 aliphatic carbocycles. The molecule has 0 unspecified atom stereocenters. The second-order valence-corrected chi connectivity index (χ2v) is 8.14. The van der Waals surface area contributed by atoms with E-state index in [9.17, 15) is 5.11 Å². The predicted octanol–water partition coefficient (Wildman–Crippen LogP) is 2.68. The number of hydrogen-bond acceptors (Lipinski definition) is 8. The fraction of sp³-hybridized carbons (Fsp3) is 0.421. The van der Waals surface area contributed by atoms with Gasteiger partial charge in [-0.2, -0.15) is 0 Å². The molecule has 8 heteroatoms. The summed E-state index contributed by atoms with van der Waals surface area (Å²) in [7, 11) is 0. The molecular formula is C19H21N5O2S. The molecule has 0 bridgehead atoms. The molecule has 1 saturated heterocycles. The lowest BCUT2D eigenvalue weighted by molar-refractivity contribution is 0.103. The molecule has 1 aromatic carbocycles. The highest BCUT2D eigenvalue weighted by molar-refractivity contribution is 7.22. The van der Waals surface area contributed by atoms with Crippen LogP contribution in [0.2, 0.25) is 0 Å². The third-order valence-corrected chi connectivity index (χ3v) is 6.07. The summed E-state index contributed by atoms with van der Waals surface area (Å²) in [5.41, 5.74) is 1.04. The summed E-state index contributed by atoms with van der Waals surface area (Å²) in [5.74, 6) is 1.30. The highest BCUT2D eigenvalue weighted by atomic mass is 32.1. The molecule has 0 spiro atoms. The second kappa shape index (κ2) is 6.94. The van der Waals surface area contributed by atoms with E-state index >= 15 is 0 Å². The van der Waals surface area contributed by atoms with Gasteiger partial charge in [-0.1, -0.05) is 23.5 Å². The number of β-amino-alcohol motifs (C(OH)–C–C–N with tert-alkyl or cyclic N) is 1. The van der Waals surface area contributed by atoms with E-state index in [1.807, 2.05) is 23.1 Å². The summed E-state index contributed by atoms with van der Waals surface area (Å²) in [4.78, 5) is 15.5. The first-order valence-corrected chi connectivity index (χ1v) is 10.1. The van der Waals surface area contributed by atoms with Crippen molar-refractivity contribution >= 4 is 32.5 Å². The molecule has 2 aromatic heterocycles. The number of rotatable bonds is 5. The molecule has 1 saturated carbocycles. The van der Waals surface area contributed by atoms with E-state index < -0.39 is 0 Å². The number of anilines is 2. The first-order chi connectivity index (χ1) is 13.2. The van der Waals surface area contributed by atoms with Gasteiger partial charge < -0.3 is 20.1 Å². The van der Waals surface area contributed by atoms with Gasteiger partial charge in [0.1, 0.15) is 6.10 Å². The zero-order chi connectivity index (χ0) is 18.2. The van der Waals surface area contributed by atoms with E-state index in [2.05, 4.69) is 26.3 Å². The minimum atomic E-state index is -0.300. The highest BCUT2D eigenvalue weighted by Gasteiger charge is 2.33. The van der Waals surface area contributed by atoms with Crippen LogP contribution in [0.25, 0.3) is 10.2 Å². The molecule has 1 atom stereocenters. The van der Waals surface area contributed by atoms with Gasteiger partial charge in [-0.25, -0.2) is 15.0 Å². The summed E-state index contributed by atoms with van der Waals surface area (Å²) >= 11 is 1.68. The van der Waals surface area contributed by atoms with Crippen molar-refractivity contribution < 1.29 is 9.84 Å². The first-order valence-electron chi connectivity index (χ1n) is 9.27. The molecule has 27 heavy (non-hydrogen) atoms. The molecule has 2 aliphatic rings. The Morgan fingerprint density at radius 1 is 1.19 bits per heavy atom. The molecule has 3 aromatic rings. The number of ether oxygens (including phenoxy) is 1. The standard InChI is InChI=1S/C19H21N5O2S/c25-13-5-8-24(11-13)17-18(21-7-6-20-17)26-14-9-12(10-14)22-19-23-15-3-1-2-4-16(15)27-19/h1-4,6-7,12-14,25H,5,8-11H2,(H,22,23)/t12?,13-,14?/m0/s1. The monoisotopic (exact) mass is 383 g/mol. The second-order valence-electron chi connectivity index (χ2n) is 7.11. The van der Waals surface area contributed by atoms with E-state index in [-0.39, 0.29) is 12.2 Å². The fourth-order valence-corrected chi connectivity index (χ4v) is 4.54. The number of benzene rings is 1. The summed E-state index contributed by atoms with van der Waals surface area (Å²) in [5, 5.41) is 14.2. The molecule has 2 fully saturated rings. The minimum absolute atomic E-state index is 0.125. The third kappa shape index (κ3) is 3.42. The molecule has 3 heterocycles. The van der Waals surface area contributed by atoms with Crippen molar-refractivity contribution in [3.05, 3.63) is 36.7 Å². The lowest BCUT2D eigenvalue weighted by Gasteiger charge is -2.35. The summed E-state index contributed by atoms with van der Waals surface area (Å²) < 4.78 is 7.30. The number of aliphatic hydroxyl groups excluding tert-OH is 1. The Hall–Kier alpha value is -2.45. The quantitative estimate of drug-likeness (QED) is 0.701. The minimum Gasteiger partial charge on any atom is -0.472 e. The van der Waals surface area contributed by atoms with E-state index in [4.69, 9.17) is 4.74 Å². The van der Waals surface area contributed by atoms with Gasteiger partial charge in [0, 0.05) is 44.4 Å². The van der Waals surface area contributed by atoms with E-state index in [1.165, 1.54) is 4.70 Å². The SMILES string of the molecule is O[C@H]1CCN(c2nccnc2OC2CC(Nc3nc4ccccc4s3)C2)C1. The average molecular weight is 383 g/mol. The normalized spacial score (nSPS) is 24.8. The van der Waals surface area contributed by atoms with Crippen LogP contribution >= 0.6 is 11.3 Å². The molecular weight excluding hydrogens is 362 g/mol. The van der Waals surface area contributed by atoms with Crippen LogP contribution in [0.3, 0.4) is 0 Å². The van der Waals surface area contributed by atoms with Crippen LogP contribution in [0, 0.1) is 0 Å². The topological polar surface area (TPSA) is 83.4 Å². The van der Waals surface area contributed by atoms with Crippen molar-refractivity contribution in [2.45, 2.75) is 37.5 Å². The largest absolute Gasteiger partial charge is 0.472 e. The summed E-state index contributed by atoms with van der Waals surface area (Å²) in [6, 6.07) is 8.54. The van der Waals surface area contributed by atoms with Crippen LogP contribution in [0.4, 0.5) is 10.9 Å². The Morgan fingerprint density at radius 3 is 2.85 bits per heavy atom. The smallest absolute Gasteiger partial charge is 0.257 e. The number of nitrogens with zero attached hydrogens (tertiary/aromatic N) is 4. The van der Waals surface area contributed by atoms with Crippen molar-refractivity contribution in [1.29, 1.82) is 0 Å². The van der Waals surface area contributed by atoms with Crippen LogP contribution < -0.4 is 15.0 Å². The third-order valence-electron chi connectivity index (χ3n) is 5.10. The van der Waals surface area contributed by atoms with Crippen molar-refractivity contribution in [2.24, 2.45) is 0 Å². The maximum absolute atomic E-state index is 9.77. The lowest BCUT2D eigenvalue weighted by Crippen LogP contribution is -2.43. The molecule has 0 radical (unpaired) electrons. The molecule has 1 aliphatic heterocycles. The number of aromatic nitrogens is 3. The number of thiazole rings is 1. The Kier molecular flexibility index (Phi) is 4.29. The van der Waals surface area contributed by atoms with Crippen molar-refractivity contribution in [3.8, 4) is 5.88 Å². The van der Waals surface area contributed by atoms with E-state index in [0.717, 1.165) is 42.3 Å². The number of fused-ring (bicyclic) bond motifs is 1. The average Bonchev–Trinajstić information content (AvgIpc) is 3.26. The van der Waals surface area contributed by atoms with Gasteiger partial charge in [0.25, 0.3) is 5.88 Å². The van der Waals surface area contributed by atoms with Crippen LogP contribution in [0.5, 0.6) is 5.88 Å². The first kappa shape index (κ1) is 16.7. The fourth-order valence-electron chi connectivity index (χ4n) is 3.60. The van der Waals surface area contributed by atoms with Gasteiger partial charge in [-0.3, -0.25) is 0 Å². The highest BCUT2D eigenvalue weighted by Crippen LogP contribution is 2.34. The Balaban J connectivity index is 1.19. The maximum Gasteiger partial charge on any atom is 0.257 e. The molecule has 7 nitrogen and oxygen atoms in total. The van der Waals surface area contributed by atoms with Crippen LogP contribution in [0.1, 0.15) is 19.3 Å². The lowest BCUT2D eigenvalue weighted by atomic mass is 9.89. The predicted molar refractivity (Wildman–Crippen MR) is 106 cm³/mol. The summed E-state index contributed by atoms with van der Waals surface area (Å²) in [6.45, 7) is 1.37. The van der Waals surface area contributed by atoms with Gasteiger partial charge in [-0.05, 0) is 18.6 Å². The maximum atomic E-state index is 9.77. The number of aliphatic hydroxyl groups is 1. The molecule has 2 N–H and O–H groups in total. The number of nitrogens with one attached hydrogen (secondary N) is 1. The van der Waals surface area contributed by atoms with Crippen LogP contribution in [0.15, 0.2) is 36.7 Å². The van der Waals surface area contributed by atoms with Gasteiger partial charge in [0.05, 0.1) is 16.3 Å². The molecule has 140 valence electrons. The van der Waals surface area contributed by atoms with E-state index in [1.54, 1.807) is 23.7 Å². The van der Waals surface area contributed by atoms with Gasteiger partial charge in [0.15, 0.2) is 10.9 Å². The molecule has 0 amide bonds. The summed E-state index contributed by atoms with van der Waals surface area (Å²) in [6.07, 6.45) is 5.73. The van der Waals surface area contributed by atoms with Crippen LogP contribution in [-0.2, 0) is 0 Å². The number of para-hydroxylation sites is 1. The van der Waals surface area contributed by atoms with Gasteiger partial charge >= 0.3 is 0 Å². The number of hydrogen-bond donors (Lipinski definition) is 2. The van der Waals surface area contributed by atoms with Gasteiger partial charge in [0.2, 0.25) is 0 Å².